The molecule has 0 bridgehead atoms. The maximum absolute atomic E-state index is 10.4. The van der Waals surface area contributed by atoms with Gasteiger partial charge in [0.2, 0.25) is 0 Å². The van der Waals surface area contributed by atoms with Gasteiger partial charge < -0.3 is 9.57 Å². The van der Waals surface area contributed by atoms with E-state index in [1.807, 2.05) is 6.92 Å². The normalized spacial score (nSPS) is 10.8. The zero-order valence-corrected chi connectivity index (χ0v) is 7.99. The van der Waals surface area contributed by atoms with Crippen molar-refractivity contribution in [1.29, 1.82) is 0 Å². The molecular formula is C8H13NO4. The van der Waals surface area contributed by atoms with Gasteiger partial charge in [-0.05, 0) is 6.42 Å². The Kier molecular flexibility index (Phi) is 5.50. The fourth-order valence-corrected chi connectivity index (χ4v) is 0.507. The molecule has 13 heavy (non-hydrogen) atoms. The molecule has 0 heterocycles. The molecule has 0 aromatic rings. The summed E-state index contributed by atoms with van der Waals surface area (Å²) in [6.45, 7) is 4.45. The number of hydrogen-bond acceptors (Lipinski definition) is 5. The van der Waals surface area contributed by atoms with Crippen LogP contribution in [0.1, 0.15) is 27.2 Å². The zero-order chi connectivity index (χ0) is 10.3. The lowest BCUT2D eigenvalue weighted by Crippen LogP contribution is -2.12. The largest absolute Gasteiger partial charge is 0.460 e. The summed E-state index contributed by atoms with van der Waals surface area (Å²) in [5.41, 5.74) is 0.519. The van der Waals surface area contributed by atoms with Crippen LogP contribution < -0.4 is 0 Å². The summed E-state index contributed by atoms with van der Waals surface area (Å²) in [5.74, 6) is -0.877. The molecule has 0 rings (SSSR count). The standard InChI is InChI=1S/C8H13NO4/c1-4-8(5-12-6(2)10)9-13-7(3)11/h4-5H2,1-3H3. The van der Waals surface area contributed by atoms with Crippen LogP contribution in [-0.2, 0) is 19.2 Å². The molecule has 74 valence electrons. The van der Waals surface area contributed by atoms with Crippen LogP contribution in [0.4, 0.5) is 0 Å². The van der Waals surface area contributed by atoms with Crippen molar-refractivity contribution in [3.8, 4) is 0 Å². The van der Waals surface area contributed by atoms with Crippen molar-refractivity contribution in [2.45, 2.75) is 27.2 Å². The number of hydrogen-bond donors (Lipinski definition) is 0. The molecular weight excluding hydrogens is 174 g/mol. The van der Waals surface area contributed by atoms with Crippen LogP contribution in [0.5, 0.6) is 0 Å². The smallest absolute Gasteiger partial charge is 0.331 e. The summed E-state index contributed by atoms with van der Waals surface area (Å²) in [7, 11) is 0. The topological polar surface area (TPSA) is 65.0 Å². The van der Waals surface area contributed by atoms with Crippen LogP contribution in [0.2, 0.25) is 0 Å². The van der Waals surface area contributed by atoms with Crippen LogP contribution in [0, 0.1) is 0 Å². The third-order valence-electron chi connectivity index (χ3n) is 1.15. The molecule has 0 N–H and O–H groups in total. The van der Waals surface area contributed by atoms with Gasteiger partial charge in [0.05, 0.1) is 5.71 Å². The molecule has 5 nitrogen and oxygen atoms in total. The van der Waals surface area contributed by atoms with Crippen molar-refractivity contribution in [3.63, 3.8) is 0 Å². The van der Waals surface area contributed by atoms with Gasteiger partial charge in [-0.2, -0.15) is 0 Å². The first-order valence-corrected chi connectivity index (χ1v) is 3.93. The van der Waals surface area contributed by atoms with Gasteiger partial charge in [0.1, 0.15) is 6.61 Å². The lowest BCUT2D eigenvalue weighted by atomic mass is 10.3. The van der Waals surface area contributed by atoms with Crippen LogP contribution in [0.25, 0.3) is 0 Å². The number of nitrogens with zero attached hydrogens (tertiary/aromatic N) is 1. The second-order valence-electron chi connectivity index (χ2n) is 2.37. The van der Waals surface area contributed by atoms with E-state index in [4.69, 9.17) is 0 Å². The van der Waals surface area contributed by atoms with E-state index >= 15 is 0 Å². The highest BCUT2D eigenvalue weighted by atomic mass is 16.7. The van der Waals surface area contributed by atoms with Gasteiger partial charge in [-0.15, -0.1) is 0 Å². The highest BCUT2D eigenvalue weighted by Crippen LogP contribution is 1.90. The van der Waals surface area contributed by atoms with Gasteiger partial charge in [0, 0.05) is 13.8 Å². The first kappa shape index (κ1) is 11.6. The zero-order valence-electron chi connectivity index (χ0n) is 7.99. The number of esters is 1. The molecule has 0 aliphatic heterocycles. The monoisotopic (exact) mass is 187 g/mol. The van der Waals surface area contributed by atoms with Crippen LogP contribution in [-0.4, -0.2) is 24.3 Å². The van der Waals surface area contributed by atoms with Crippen LogP contribution >= 0.6 is 0 Å². The van der Waals surface area contributed by atoms with E-state index in [1.165, 1.54) is 13.8 Å². The number of carbonyl (C=O) groups is 2. The summed E-state index contributed by atoms with van der Waals surface area (Å²) in [4.78, 5) is 25.2. The molecule has 0 saturated heterocycles. The molecule has 0 atom stereocenters. The lowest BCUT2D eigenvalue weighted by Gasteiger charge is -2.02. The molecule has 0 aliphatic carbocycles. The lowest BCUT2D eigenvalue weighted by molar-refractivity contribution is -0.141. The first-order valence-electron chi connectivity index (χ1n) is 3.93. The maximum Gasteiger partial charge on any atom is 0.331 e. The van der Waals surface area contributed by atoms with E-state index in [2.05, 4.69) is 14.7 Å². The van der Waals surface area contributed by atoms with Crippen molar-refractivity contribution < 1.29 is 19.2 Å². The summed E-state index contributed by atoms with van der Waals surface area (Å²) in [5, 5.41) is 3.50. The molecule has 0 amide bonds. The maximum atomic E-state index is 10.4. The second kappa shape index (κ2) is 6.16. The average Bonchev–Trinajstić information content (AvgIpc) is 2.04. The molecule has 0 aromatic carbocycles. The SMILES string of the molecule is CCC(COC(C)=O)=NOC(C)=O. The number of oxime groups is 1. The summed E-state index contributed by atoms with van der Waals surface area (Å²) < 4.78 is 4.67. The minimum Gasteiger partial charge on any atom is -0.460 e. The second-order valence-corrected chi connectivity index (χ2v) is 2.37. The quantitative estimate of drug-likeness (QED) is 0.283. The van der Waals surface area contributed by atoms with Crippen molar-refractivity contribution >= 4 is 17.7 Å². The van der Waals surface area contributed by atoms with Crippen LogP contribution in [0.3, 0.4) is 0 Å². The average molecular weight is 187 g/mol. The van der Waals surface area contributed by atoms with Crippen molar-refractivity contribution in [3.05, 3.63) is 0 Å². The first-order chi connectivity index (χ1) is 6.06. The van der Waals surface area contributed by atoms with Crippen molar-refractivity contribution in [2.75, 3.05) is 6.61 Å². The Morgan fingerprint density at radius 1 is 1.23 bits per heavy atom. The molecule has 0 radical (unpaired) electrons. The fraction of sp³-hybridized carbons (Fsp3) is 0.625. The number of rotatable bonds is 4. The third kappa shape index (κ3) is 6.99. The summed E-state index contributed by atoms with van der Waals surface area (Å²) in [6.07, 6.45) is 0.570. The highest BCUT2D eigenvalue weighted by molar-refractivity contribution is 5.87. The Morgan fingerprint density at radius 3 is 2.23 bits per heavy atom. The van der Waals surface area contributed by atoms with E-state index in [0.717, 1.165) is 0 Å². The van der Waals surface area contributed by atoms with Gasteiger partial charge in [0.15, 0.2) is 0 Å². The van der Waals surface area contributed by atoms with E-state index in [-0.39, 0.29) is 12.6 Å². The van der Waals surface area contributed by atoms with Gasteiger partial charge in [-0.25, -0.2) is 4.79 Å². The van der Waals surface area contributed by atoms with Crippen molar-refractivity contribution in [1.82, 2.24) is 0 Å². The molecule has 0 fully saturated rings. The van der Waals surface area contributed by atoms with Crippen molar-refractivity contribution in [2.24, 2.45) is 5.16 Å². The van der Waals surface area contributed by atoms with E-state index in [0.29, 0.717) is 12.1 Å². The molecule has 5 heteroatoms. The Morgan fingerprint density at radius 2 is 1.85 bits per heavy atom. The van der Waals surface area contributed by atoms with E-state index < -0.39 is 5.97 Å². The minimum atomic E-state index is -0.492. The summed E-state index contributed by atoms with van der Waals surface area (Å²) >= 11 is 0. The van der Waals surface area contributed by atoms with Gasteiger partial charge in [-0.1, -0.05) is 12.1 Å². The Labute approximate surface area is 76.7 Å². The Hall–Kier alpha value is -1.39. The minimum absolute atomic E-state index is 0.0686. The Balaban J connectivity index is 3.94. The third-order valence-corrected chi connectivity index (χ3v) is 1.15. The Bertz CT molecular complexity index is 222. The molecule has 0 unspecified atom stereocenters. The molecule has 0 spiro atoms. The summed E-state index contributed by atoms with van der Waals surface area (Å²) in [6, 6.07) is 0. The van der Waals surface area contributed by atoms with Crippen LogP contribution in [0.15, 0.2) is 5.16 Å². The molecule has 0 aromatic heterocycles. The number of carbonyl (C=O) groups excluding carboxylic acids is 2. The fourth-order valence-electron chi connectivity index (χ4n) is 0.507. The van der Waals surface area contributed by atoms with Gasteiger partial charge >= 0.3 is 11.9 Å². The number of ether oxygens (including phenoxy) is 1. The molecule has 0 aliphatic rings. The van der Waals surface area contributed by atoms with E-state index in [1.54, 1.807) is 0 Å². The molecule has 0 saturated carbocycles. The highest BCUT2D eigenvalue weighted by Gasteiger charge is 2.01. The predicted octanol–water partition coefficient (Wildman–Crippen LogP) is 0.879. The predicted molar refractivity (Wildman–Crippen MR) is 46.1 cm³/mol. The van der Waals surface area contributed by atoms with Gasteiger partial charge in [0.25, 0.3) is 0 Å². The van der Waals surface area contributed by atoms with Gasteiger partial charge in [-0.3, -0.25) is 4.79 Å². The van der Waals surface area contributed by atoms with E-state index in [9.17, 15) is 9.59 Å².